The predicted octanol–water partition coefficient (Wildman–Crippen LogP) is 3.29. The lowest BCUT2D eigenvalue weighted by molar-refractivity contribution is 0.633. The van der Waals surface area contributed by atoms with E-state index in [4.69, 9.17) is 0 Å². The zero-order valence-corrected chi connectivity index (χ0v) is 15.1. The van der Waals surface area contributed by atoms with Gasteiger partial charge in [-0.3, -0.25) is 14.8 Å². The molecule has 0 fully saturated rings. The van der Waals surface area contributed by atoms with E-state index in [2.05, 4.69) is 15.1 Å². The summed E-state index contributed by atoms with van der Waals surface area (Å²) in [6, 6.07) is 11.5. The quantitative estimate of drug-likeness (QED) is 0.707. The van der Waals surface area contributed by atoms with Crippen molar-refractivity contribution in [2.24, 2.45) is 4.99 Å². The molecule has 0 saturated heterocycles. The van der Waals surface area contributed by atoms with E-state index in [1.807, 2.05) is 36.4 Å². The number of fused-ring (bicyclic) bond motifs is 1. The Bertz CT molecular complexity index is 985. The van der Waals surface area contributed by atoms with Gasteiger partial charge in [0.1, 0.15) is 10.1 Å². The Labute approximate surface area is 153 Å². The number of thioether (sulfide) groups is 2. The summed E-state index contributed by atoms with van der Waals surface area (Å²) in [5.41, 5.74) is 1.65. The smallest absolute Gasteiger partial charge is 0.271 e. The van der Waals surface area contributed by atoms with Gasteiger partial charge in [-0.2, -0.15) is 5.10 Å². The minimum atomic E-state index is -0.0511. The Morgan fingerprint density at radius 2 is 2.04 bits per heavy atom. The Hall–Kier alpha value is -2.12. The predicted molar refractivity (Wildman–Crippen MR) is 106 cm³/mol. The zero-order valence-electron chi connectivity index (χ0n) is 13.5. The lowest BCUT2D eigenvalue weighted by Gasteiger charge is -2.11. The second-order valence-corrected chi connectivity index (χ2v) is 7.93. The molecule has 0 saturated carbocycles. The number of aryl methyl sites for hydroxylation is 1. The van der Waals surface area contributed by atoms with Crippen molar-refractivity contribution in [3.63, 3.8) is 0 Å². The summed E-state index contributed by atoms with van der Waals surface area (Å²) >= 11 is 3.48. The first-order valence-electron chi connectivity index (χ1n) is 8.03. The van der Waals surface area contributed by atoms with Gasteiger partial charge in [-0.25, -0.2) is 4.68 Å². The first kappa shape index (κ1) is 16.4. The standard InChI is InChI=1S/C18H16N4OS2/c23-17-15-6-2-1-5-14(15)16(13-4-3-7-19-12-13)21-22(17)9-11-25-18-20-8-10-24-18/h1-7,12H,8-11H2. The highest BCUT2D eigenvalue weighted by atomic mass is 32.2. The topological polar surface area (TPSA) is 60.1 Å². The van der Waals surface area contributed by atoms with Crippen LogP contribution >= 0.6 is 23.5 Å². The van der Waals surface area contributed by atoms with Crippen molar-refractivity contribution < 1.29 is 0 Å². The molecule has 1 aromatic carbocycles. The summed E-state index contributed by atoms with van der Waals surface area (Å²) in [5, 5.41) is 6.19. The molecular weight excluding hydrogens is 352 g/mol. The van der Waals surface area contributed by atoms with Crippen molar-refractivity contribution in [2.75, 3.05) is 18.1 Å². The van der Waals surface area contributed by atoms with Crippen molar-refractivity contribution in [1.82, 2.24) is 14.8 Å². The molecule has 7 heteroatoms. The van der Waals surface area contributed by atoms with Gasteiger partial charge < -0.3 is 0 Å². The van der Waals surface area contributed by atoms with Crippen LogP contribution in [0.3, 0.4) is 0 Å². The molecule has 4 rings (SSSR count). The molecule has 3 heterocycles. The maximum atomic E-state index is 12.8. The molecule has 0 radical (unpaired) electrons. The van der Waals surface area contributed by atoms with Crippen LogP contribution in [0.2, 0.25) is 0 Å². The van der Waals surface area contributed by atoms with Gasteiger partial charge in [-0.05, 0) is 18.2 Å². The van der Waals surface area contributed by atoms with Gasteiger partial charge in [0.05, 0.1) is 18.5 Å². The van der Waals surface area contributed by atoms with Crippen LogP contribution in [0.1, 0.15) is 0 Å². The highest BCUT2D eigenvalue weighted by Crippen LogP contribution is 2.24. The fourth-order valence-corrected chi connectivity index (χ4v) is 4.72. The average molecular weight is 368 g/mol. The van der Waals surface area contributed by atoms with Gasteiger partial charge in [-0.1, -0.05) is 41.7 Å². The molecule has 0 spiro atoms. The number of benzene rings is 1. The maximum absolute atomic E-state index is 12.8. The third-order valence-electron chi connectivity index (χ3n) is 3.89. The molecule has 0 N–H and O–H groups in total. The summed E-state index contributed by atoms with van der Waals surface area (Å²) in [6.45, 7) is 1.45. The van der Waals surface area contributed by atoms with Crippen molar-refractivity contribution in [1.29, 1.82) is 0 Å². The molecule has 0 unspecified atom stereocenters. The molecule has 25 heavy (non-hydrogen) atoms. The summed E-state index contributed by atoms with van der Waals surface area (Å²) in [5.74, 6) is 1.84. The summed E-state index contributed by atoms with van der Waals surface area (Å²) < 4.78 is 2.68. The highest BCUT2D eigenvalue weighted by Gasteiger charge is 2.13. The van der Waals surface area contributed by atoms with Crippen LogP contribution in [0.5, 0.6) is 0 Å². The Morgan fingerprint density at radius 3 is 2.80 bits per heavy atom. The van der Waals surface area contributed by atoms with Crippen LogP contribution in [-0.2, 0) is 6.54 Å². The Kier molecular flexibility index (Phi) is 4.85. The number of pyridine rings is 1. The second kappa shape index (κ2) is 7.41. The van der Waals surface area contributed by atoms with E-state index >= 15 is 0 Å². The van der Waals surface area contributed by atoms with E-state index in [9.17, 15) is 4.79 Å². The first-order chi connectivity index (χ1) is 12.3. The molecule has 2 aromatic heterocycles. The van der Waals surface area contributed by atoms with Crippen molar-refractivity contribution >= 4 is 38.7 Å². The van der Waals surface area contributed by atoms with Gasteiger partial charge >= 0.3 is 0 Å². The molecule has 5 nitrogen and oxygen atoms in total. The molecular formula is C18H16N4OS2. The third-order valence-corrected chi connectivity index (χ3v) is 6.12. The van der Waals surface area contributed by atoms with E-state index in [0.29, 0.717) is 11.9 Å². The van der Waals surface area contributed by atoms with Crippen LogP contribution in [0.4, 0.5) is 0 Å². The van der Waals surface area contributed by atoms with Crippen molar-refractivity contribution in [3.05, 3.63) is 59.1 Å². The third kappa shape index (κ3) is 3.48. The van der Waals surface area contributed by atoms with Crippen LogP contribution in [0.25, 0.3) is 22.0 Å². The summed E-state index contributed by atoms with van der Waals surface area (Å²) in [7, 11) is 0. The largest absolute Gasteiger partial charge is 0.274 e. The van der Waals surface area contributed by atoms with Crippen molar-refractivity contribution in [2.45, 2.75) is 6.54 Å². The second-order valence-electron chi connectivity index (χ2n) is 5.51. The summed E-state index contributed by atoms with van der Waals surface area (Å²) in [4.78, 5) is 21.4. The SMILES string of the molecule is O=c1c2ccccc2c(-c2cccnc2)nn1CCSC1=NCCS1. The van der Waals surface area contributed by atoms with Crippen molar-refractivity contribution in [3.8, 4) is 11.3 Å². The Balaban J connectivity index is 1.71. The van der Waals surface area contributed by atoms with E-state index in [1.165, 1.54) is 0 Å². The lowest BCUT2D eigenvalue weighted by Crippen LogP contribution is -2.25. The monoisotopic (exact) mass is 368 g/mol. The van der Waals surface area contributed by atoms with Crippen LogP contribution in [0, 0.1) is 0 Å². The van der Waals surface area contributed by atoms with Crippen LogP contribution in [0.15, 0.2) is 58.6 Å². The van der Waals surface area contributed by atoms with Gasteiger partial charge in [0.15, 0.2) is 0 Å². The van der Waals surface area contributed by atoms with Crippen LogP contribution < -0.4 is 5.56 Å². The van der Waals surface area contributed by atoms with E-state index in [1.54, 1.807) is 40.6 Å². The maximum Gasteiger partial charge on any atom is 0.274 e. The van der Waals surface area contributed by atoms with E-state index in [-0.39, 0.29) is 5.56 Å². The fourth-order valence-electron chi connectivity index (χ4n) is 2.73. The normalized spacial score (nSPS) is 14.0. The van der Waals surface area contributed by atoms with Gasteiger partial charge in [0.2, 0.25) is 0 Å². The number of nitrogens with zero attached hydrogens (tertiary/aromatic N) is 4. The van der Waals surface area contributed by atoms with E-state index in [0.717, 1.165) is 39.1 Å². The molecule has 1 aliphatic heterocycles. The lowest BCUT2D eigenvalue weighted by atomic mass is 10.1. The average Bonchev–Trinajstić information content (AvgIpc) is 3.18. The highest BCUT2D eigenvalue weighted by molar-refractivity contribution is 8.39. The number of aromatic nitrogens is 3. The molecule has 0 bridgehead atoms. The number of aliphatic imine (C=N–C) groups is 1. The number of rotatable bonds is 4. The zero-order chi connectivity index (χ0) is 17.1. The number of hydrogen-bond acceptors (Lipinski definition) is 6. The number of hydrogen-bond donors (Lipinski definition) is 0. The fraction of sp³-hybridized carbons (Fsp3) is 0.222. The van der Waals surface area contributed by atoms with E-state index < -0.39 is 0 Å². The first-order valence-corrected chi connectivity index (χ1v) is 10.0. The van der Waals surface area contributed by atoms with Gasteiger partial charge in [-0.15, -0.1) is 0 Å². The minimum absolute atomic E-state index is 0.0511. The molecule has 1 aliphatic rings. The molecule has 0 aliphatic carbocycles. The summed E-state index contributed by atoms with van der Waals surface area (Å²) in [6.07, 6.45) is 3.51. The molecule has 0 amide bonds. The van der Waals surface area contributed by atoms with Gasteiger partial charge in [0, 0.05) is 34.8 Å². The van der Waals surface area contributed by atoms with Crippen LogP contribution in [-0.4, -0.2) is 37.2 Å². The Morgan fingerprint density at radius 1 is 1.16 bits per heavy atom. The van der Waals surface area contributed by atoms with Gasteiger partial charge in [0.25, 0.3) is 5.56 Å². The minimum Gasteiger partial charge on any atom is -0.271 e. The molecule has 126 valence electrons. The molecule has 0 atom stereocenters. The molecule has 3 aromatic rings.